The first-order valence-corrected chi connectivity index (χ1v) is 6.56. The van der Waals surface area contributed by atoms with Crippen molar-refractivity contribution in [2.45, 2.75) is 45.1 Å². The molecule has 1 saturated heterocycles. The third kappa shape index (κ3) is 2.68. The monoisotopic (exact) mass is 231 g/mol. The molecular formula is C15H21NO. The van der Waals surface area contributed by atoms with E-state index in [2.05, 4.69) is 38.1 Å². The maximum absolute atomic E-state index is 12.1. The van der Waals surface area contributed by atoms with E-state index in [1.807, 2.05) is 11.0 Å². The Bertz CT molecular complexity index is 374. The maximum atomic E-state index is 12.1. The van der Waals surface area contributed by atoms with Crippen molar-refractivity contribution in [2.24, 2.45) is 0 Å². The fourth-order valence-corrected chi connectivity index (χ4v) is 2.55. The molecule has 2 unspecified atom stereocenters. The number of benzene rings is 1. The fourth-order valence-electron chi connectivity index (χ4n) is 2.55. The number of nitrogens with zero attached hydrogens (tertiary/aromatic N) is 1. The Morgan fingerprint density at radius 2 is 2.06 bits per heavy atom. The van der Waals surface area contributed by atoms with Gasteiger partial charge in [-0.05, 0) is 31.2 Å². The summed E-state index contributed by atoms with van der Waals surface area (Å²) in [6.45, 7) is 5.19. The lowest BCUT2D eigenvalue weighted by Crippen LogP contribution is -2.43. The van der Waals surface area contributed by atoms with Crippen LogP contribution in [-0.2, 0) is 4.79 Å². The molecule has 0 N–H and O–H groups in total. The number of carbonyl (C=O) groups excluding carboxylic acids is 1. The zero-order valence-electron chi connectivity index (χ0n) is 10.7. The Morgan fingerprint density at radius 3 is 2.65 bits per heavy atom. The second-order valence-electron chi connectivity index (χ2n) is 4.94. The van der Waals surface area contributed by atoms with E-state index in [1.165, 1.54) is 5.56 Å². The van der Waals surface area contributed by atoms with Gasteiger partial charge in [0.1, 0.15) is 0 Å². The lowest BCUT2D eigenvalue weighted by molar-refractivity contribution is -0.136. The van der Waals surface area contributed by atoms with Crippen LogP contribution in [0.3, 0.4) is 0 Å². The summed E-state index contributed by atoms with van der Waals surface area (Å²) in [7, 11) is 0. The predicted molar refractivity (Wildman–Crippen MR) is 69.9 cm³/mol. The molecule has 17 heavy (non-hydrogen) atoms. The van der Waals surface area contributed by atoms with Crippen molar-refractivity contribution in [2.75, 3.05) is 6.54 Å². The Kier molecular flexibility index (Phi) is 3.82. The van der Waals surface area contributed by atoms with Crippen LogP contribution in [0.1, 0.15) is 44.6 Å². The summed E-state index contributed by atoms with van der Waals surface area (Å²) in [6.07, 6.45) is 2.82. The molecule has 0 radical (unpaired) electrons. The number of hydrogen-bond donors (Lipinski definition) is 0. The van der Waals surface area contributed by atoms with Gasteiger partial charge in [0.15, 0.2) is 0 Å². The van der Waals surface area contributed by atoms with Crippen LogP contribution >= 0.6 is 0 Å². The lowest BCUT2D eigenvalue weighted by atomic mass is 9.88. The van der Waals surface area contributed by atoms with Crippen molar-refractivity contribution >= 4 is 5.91 Å². The first-order valence-electron chi connectivity index (χ1n) is 6.56. The van der Waals surface area contributed by atoms with Crippen LogP contribution < -0.4 is 0 Å². The Labute approximate surface area is 104 Å². The standard InChI is InChI=1S/C15H21NO/c1-3-12(2)16-10-9-14(11-15(16)17)13-7-5-4-6-8-13/h4-8,12,14H,3,9-11H2,1-2H3. The van der Waals surface area contributed by atoms with Gasteiger partial charge in [0.05, 0.1) is 0 Å². The second-order valence-corrected chi connectivity index (χ2v) is 4.94. The average molecular weight is 231 g/mol. The van der Waals surface area contributed by atoms with Gasteiger partial charge in [-0.15, -0.1) is 0 Å². The van der Waals surface area contributed by atoms with Crippen LogP contribution in [0.25, 0.3) is 0 Å². The minimum absolute atomic E-state index is 0.319. The van der Waals surface area contributed by atoms with Crippen LogP contribution in [0.2, 0.25) is 0 Å². The molecule has 1 fully saturated rings. The minimum Gasteiger partial charge on any atom is -0.340 e. The van der Waals surface area contributed by atoms with Gasteiger partial charge >= 0.3 is 0 Å². The van der Waals surface area contributed by atoms with Crippen molar-refractivity contribution in [1.29, 1.82) is 0 Å². The van der Waals surface area contributed by atoms with Gasteiger partial charge in [0.25, 0.3) is 0 Å². The van der Waals surface area contributed by atoms with Gasteiger partial charge in [-0.1, -0.05) is 37.3 Å². The van der Waals surface area contributed by atoms with Gasteiger partial charge < -0.3 is 4.90 Å². The van der Waals surface area contributed by atoms with E-state index >= 15 is 0 Å². The number of amides is 1. The zero-order valence-corrected chi connectivity index (χ0v) is 10.7. The van der Waals surface area contributed by atoms with Crippen molar-refractivity contribution in [3.05, 3.63) is 35.9 Å². The molecule has 1 amide bonds. The first-order chi connectivity index (χ1) is 8.22. The Balaban J connectivity index is 2.03. The summed E-state index contributed by atoms with van der Waals surface area (Å²) >= 11 is 0. The van der Waals surface area contributed by atoms with Gasteiger partial charge in [-0.25, -0.2) is 0 Å². The molecule has 0 spiro atoms. The SMILES string of the molecule is CCC(C)N1CCC(c2ccccc2)CC1=O. The lowest BCUT2D eigenvalue weighted by Gasteiger charge is -2.35. The molecule has 92 valence electrons. The van der Waals surface area contributed by atoms with E-state index in [9.17, 15) is 4.79 Å². The van der Waals surface area contributed by atoms with E-state index in [4.69, 9.17) is 0 Å². The van der Waals surface area contributed by atoms with E-state index in [1.54, 1.807) is 0 Å². The van der Waals surface area contributed by atoms with Gasteiger partial charge in [-0.3, -0.25) is 4.79 Å². The maximum Gasteiger partial charge on any atom is 0.223 e. The fraction of sp³-hybridized carbons (Fsp3) is 0.533. The molecule has 2 atom stereocenters. The molecule has 1 aromatic carbocycles. The van der Waals surface area contributed by atoms with Crippen molar-refractivity contribution in [1.82, 2.24) is 4.90 Å². The quantitative estimate of drug-likeness (QED) is 0.782. The normalized spacial score (nSPS) is 22.6. The van der Waals surface area contributed by atoms with Crippen LogP contribution in [0.4, 0.5) is 0 Å². The summed E-state index contributed by atoms with van der Waals surface area (Å²) in [6, 6.07) is 10.8. The molecule has 1 aliphatic heterocycles. The molecule has 2 rings (SSSR count). The van der Waals surface area contributed by atoms with E-state index in [-0.39, 0.29) is 0 Å². The molecule has 1 aliphatic rings. The van der Waals surface area contributed by atoms with Crippen LogP contribution in [-0.4, -0.2) is 23.4 Å². The largest absolute Gasteiger partial charge is 0.340 e. The number of likely N-dealkylation sites (tertiary alicyclic amines) is 1. The zero-order chi connectivity index (χ0) is 12.3. The molecule has 0 bridgehead atoms. The van der Waals surface area contributed by atoms with Crippen LogP contribution in [0, 0.1) is 0 Å². The van der Waals surface area contributed by atoms with E-state index < -0.39 is 0 Å². The van der Waals surface area contributed by atoms with Crippen LogP contribution in [0.5, 0.6) is 0 Å². The van der Waals surface area contributed by atoms with Gasteiger partial charge in [0, 0.05) is 19.0 Å². The highest BCUT2D eigenvalue weighted by Crippen LogP contribution is 2.29. The Hall–Kier alpha value is -1.31. The highest BCUT2D eigenvalue weighted by molar-refractivity contribution is 5.78. The molecule has 0 aromatic heterocycles. The number of carbonyl (C=O) groups is 1. The molecule has 1 aromatic rings. The van der Waals surface area contributed by atoms with Gasteiger partial charge in [0.2, 0.25) is 5.91 Å². The number of rotatable bonds is 3. The highest BCUT2D eigenvalue weighted by atomic mass is 16.2. The van der Waals surface area contributed by atoms with Crippen molar-refractivity contribution in [3.63, 3.8) is 0 Å². The molecule has 0 aliphatic carbocycles. The predicted octanol–water partition coefficient (Wildman–Crippen LogP) is 3.19. The molecule has 1 heterocycles. The topological polar surface area (TPSA) is 20.3 Å². The summed E-state index contributed by atoms with van der Waals surface area (Å²) in [5.74, 6) is 0.739. The third-order valence-corrected chi connectivity index (χ3v) is 3.85. The highest BCUT2D eigenvalue weighted by Gasteiger charge is 2.28. The molecule has 0 saturated carbocycles. The minimum atomic E-state index is 0.319. The summed E-state index contributed by atoms with van der Waals surface area (Å²) < 4.78 is 0. The van der Waals surface area contributed by atoms with Crippen LogP contribution in [0.15, 0.2) is 30.3 Å². The summed E-state index contributed by atoms with van der Waals surface area (Å²) in [5, 5.41) is 0. The van der Waals surface area contributed by atoms with E-state index in [0.29, 0.717) is 24.3 Å². The third-order valence-electron chi connectivity index (χ3n) is 3.85. The van der Waals surface area contributed by atoms with Gasteiger partial charge in [-0.2, -0.15) is 0 Å². The average Bonchev–Trinajstić information content (AvgIpc) is 2.39. The number of piperidine rings is 1. The number of hydrogen-bond acceptors (Lipinski definition) is 1. The first kappa shape index (κ1) is 12.2. The smallest absolute Gasteiger partial charge is 0.223 e. The van der Waals surface area contributed by atoms with Crippen molar-refractivity contribution in [3.8, 4) is 0 Å². The summed E-state index contributed by atoms with van der Waals surface area (Å²) in [5.41, 5.74) is 1.31. The summed E-state index contributed by atoms with van der Waals surface area (Å²) in [4.78, 5) is 14.1. The van der Waals surface area contributed by atoms with Crippen molar-refractivity contribution < 1.29 is 4.79 Å². The molecular weight excluding hydrogens is 210 g/mol. The second kappa shape index (κ2) is 5.35. The Morgan fingerprint density at radius 1 is 1.35 bits per heavy atom. The van der Waals surface area contributed by atoms with E-state index in [0.717, 1.165) is 19.4 Å². The molecule has 2 nitrogen and oxygen atoms in total. The molecule has 2 heteroatoms.